The molecule has 2 atom stereocenters. The Balaban J connectivity index is 1.67. The van der Waals surface area contributed by atoms with Crippen LogP contribution in [0.5, 0.6) is 0 Å². The van der Waals surface area contributed by atoms with Crippen molar-refractivity contribution in [1.82, 2.24) is 4.98 Å². The van der Waals surface area contributed by atoms with Gasteiger partial charge >= 0.3 is 18.3 Å². The molecule has 5 nitrogen and oxygen atoms in total. The second kappa shape index (κ2) is 8.26. The Hall–Kier alpha value is -2.49. The molecule has 10 heteroatoms. The summed E-state index contributed by atoms with van der Waals surface area (Å²) in [7, 11) is 0. The number of amides is 1. The van der Waals surface area contributed by atoms with Crippen LogP contribution in [-0.2, 0) is 14.3 Å². The van der Waals surface area contributed by atoms with E-state index in [4.69, 9.17) is 0 Å². The molecule has 28 heavy (non-hydrogen) atoms. The molecule has 1 aromatic carbocycles. The Kier molecular flexibility index (Phi) is 5.97. The lowest BCUT2D eigenvalue weighted by molar-refractivity contribution is -0.184. The van der Waals surface area contributed by atoms with Crippen LogP contribution in [0.15, 0.2) is 36.4 Å². The van der Waals surface area contributed by atoms with Crippen molar-refractivity contribution in [2.24, 2.45) is 11.8 Å². The third-order valence-corrected chi connectivity index (χ3v) is 5.27. The van der Waals surface area contributed by atoms with E-state index in [1.54, 1.807) is 24.3 Å². The Morgan fingerprint density at radius 2 is 1.89 bits per heavy atom. The quantitative estimate of drug-likeness (QED) is 0.434. The summed E-state index contributed by atoms with van der Waals surface area (Å²) in [6.07, 6.45) is -0.331. The molecular formula is C18H16F4N2O3S. The molecule has 0 spiro atoms. The number of thiazole rings is 1. The lowest BCUT2D eigenvalue weighted by Crippen LogP contribution is -2.39. The number of para-hydroxylation sites is 1. The Morgan fingerprint density at radius 3 is 2.57 bits per heavy atom. The monoisotopic (exact) mass is 416 g/mol. The van der Waals surface area contributed by atoms with Gasteiger partial charge in [0, 0.05) is 0 Å². The summed E-state index contributed by atoms with van der Waals surface area (Å²) in [6, 6.07) is 7.27. The molecular weight excluding hydrogens is 400 g/mol. The second-order valence-electron chi connectivity index (χ2n) is 6.30. The van der Waals surface area contributed by atoms with E-state index in [1.807, 2.05) is 12.1 Å². The molecule has 0 saturated heterocycles. The first-order valence-electron chi connectivity index (χ1n) is 8.42. The first-order chi connectivity index (χ1) is 13.3. The predicted octanol–water partition coefficient (Wildman–Crippen LogP) is 4.26. The van der Waals surface area contributed by atoms with Crippen molar-refractivity contribution in [1.29, 1.82) is 0 Å². The molecule has 2 aromatic rings. The number of carbonyl (C=O) groups excluding carboxylic acids is 2. The summed E-state index contributed by atoms with van der Waals surface area (Å²) < 4.78 is 55.7. The molecule has 1 aromatic heterocycles. The van der Waals surface area contributed by atoms with Gasteiger partial charge in [-0.25, -0.2) is 13.8 Å². The molecule has 0 unspecified atom stereocenters. The number of anilines is 1. The maximum absolute atomic E-state index is 13.0. The Labute approximate surface area is 161 Å². The molecule has 1 amide bonds. The van der Waals surface area contributed by atoms with Crippen LogP contribution < -0.4 is 5.32 Å². The number of carbonyl (C=O) groups is 2. The van der Waals surface area contributed by atoms with Gasteiger partial charge in [-0.2, -0.15) is 8.78 Å². The fourth-order valence-corrected chi connectivity index (χ4v) is 3.69. The number of esters is 1. The summed E-state index contributed by atoms with van der Waals surface area (Å²) in [4.78, 5) is 29.0. The zero-order valence-electron chi connectivity index (χ0n) is 14.4. The van der Waals surface area contributed by atoms with Gasteiger partial charge in [0.15, 0.2) is 11.7 Å². The molecule has 1 N–H and O–H groups in total. The predicted molar refractivity (Wildman–Crippen MR) is 95.5 cm³/mol. The number of hydrogen-bond donors (Lipinski definition) is 1. The van der Waals surface area contributed by atoms with Gasteiger partial charge in [0.25, 0.3) is 0 Å². The molecule has 0 fully saturated rings. The lowest BCUT2D eigenvalue weighted by Gasteiger charge is -2.26. The van der Waals surface area contributed by atoms with E-state index in [2.05, 4.69) is 15.0 Å². The fraction of sp³-hybridized carbons (Fsp3) is 0.389. The summed E-state index contributed by atoms with van der Waals surface area (Å²) >= 11 is 1.26. The van der Waals surface area contributed by atoms with Gasteiger partial charge in [-0.3, -0.25) is 9.59 Å². The van der Waals surface area contributed by atoms with Gasteiger partial charge in [-0.05, 0) is 25.0 Å². The smallest absolute Gasteiger partial charge is 0.340 e. The van der Waals surface area contributed by atoms with Crippen LogP contribution in [0.1, 0.15) is 12.8 Å². The van der Waals surface area contributed by atoms with E-state index in [1.165, 1.54) is 11.3 Å². The van der Waals surface area contributed by atoms with E-state index >= 15 is 0 Å². The maximum atomic E-state index is 13.0. The highest BCUT2D eigenvalue weighted by molar-refractivity contribution is 7.22. The SMILES string of the molecule is O=C(OCC(F)(F)C(F)F)[C@H]1CC=CC[C@H]1C(=O)Nc1nc2ccccc2s1. The molecule has 150 valence electrons. The highest BCUT2D eigenvalue weighted by Gasteiger charge is 2.44. The normalized spacial score (nSPS) is 19.8. The zero-order valence-corrected chi connectivity index (χ0v) is 15.2. The van der Waals surface area contributed by atoms with E-state index < -0.39 is 42.7 Å². The molecule has 1 heterocycles. The van der Waals surface area contributed by atoms with Crippen LogP contribution in [0, 0.1) is 11.8 Å². The molecule has 0 aliphatic heterocycles. The minimum atomic E-state index is -4.43. The third kappa shape index (κ3) is 4.49. The van der Waals surface area contributed by atoms with Crippen LogP contribution in [0.2, 0.25) is 0 Å². The zero-order chi connectivity index (χ0) is 20.3. The number of rotatable bonds is 6. The van der Waals surface area contributed by atoms with Crippen molar-refractivity contribution < 1.29 is 31.9 Å². The van der Waals surface area contributed by atoms with Gasteiger partial charge in [0.05, 0.1) is 22.1 Å². The van der Waals surface area contributed by atoms with Crippen LogP contribution >= 0.6 is 11.3 Å². The summed E-state index contributed by atoms with van der Waals surface area (Å²) in [6.45, 7) is -1.73. The van der Waals surface area contributed by atoms with Gasteiger partial charge < -0.3 is 10.1 Å². The minimum absolute atomic E-state index is 0.0943. The number of allylic oxidation sites excluding steroid dienone is 2. The van der Waals surface area contributed by atoms with Crippen molar-refractivity contribution >= 4 is 38.6 Å². The standard InChI is InChI=1S/C18H16F4N2O3S/c19-16(20)18(21,22)9-27-15(26)11-6-2-1-5-10(11)14(25)24-17-23-12-7-3-4-8-13(12)28-17/h1-4,7-8,10-11,16H,5-6,9H2,(H,23,24,25)/t10-,11+/m1/s1. The number of halogens is 4. The highest BCUT2D eigenvalue weighted by atomic mass is 32.1. The first kappa shape index (κ1) is 20.2. The average Bonchev–Trinajstić information content (AvgIpc) is 3.08. The summed E-state index contributed by atoms with van der Waals surface area (Å²) in [5.41, 5.74) is 0.705. The van der Waals surface area contributed by atoms with Crippen molar-refractivity contribution in [3.8, 4) is 0 Å². The Morgan fingerprint density at radius 1 is 1.21 bits per heavy atom. The number of ether oxygens (including phenoxy) is 1. The van der Waals surface area contributed by atoms with E-state index in [0.717, 1.165) is 4.70 Å². The van der Waals surface area contributed by atoms with Crippen molar-refractivity contribution in [3.05, 3.63) is 36.4 Å². The van der Waals surface area contributed by atoms with E-state index in [9.17, 15) is 27.2 Å². The molecule has 1 aliphatic carbocycles. The number of fused-ring (bicyclic) bond motifs is 1. The van der Waals surface area contributed by atoms with Gasteiger partial charge in [-0.1, -0.05) is 35.6 Å². The average molecular weight is 416 g/mol. The molecule has 1 aliphatic rings. The number of hydrogen-bond acceptors (Lipinski definition) is 5. The van der Waals surface area contributed by atoms with Gasteiger partial charge in [-0.15, -0.1) is 0 Å². The summed E-state index contributed by atoms with van der Waals surface area (Å²) in [5, 5.41) is 2.98. The maximum Gasteiger partial charge on any atom is 0.340 e. The van der Waals surface area contributed by atoms with Crippen LogP contribution in [-0.4, -0.2) is 35.8 Å². The molecule has 0 saturated carbocycles. The second-order valence-corrected chi connectivity index (χ2v) is 7.33. The van der Waals surface area contributed by atoms with Crippen molar-refractivity contribution in [3.63, 3.8) is 0 Å². The largest absolute Gasteiger partial charge is 0.459 e. The van der Waals surface area contributed by atoms with Crippen LogP contribution in [0.4, 0.5) is 22.7 Å². The summed E-state index contributed by atoms with van der Waals surface area (Å²) in [5.74, 6) is -7.95. The van der Waals surface area contributed by atoms with E-state index in [0.29, 0.717) is 10.6 Å². The van der Waals surface area contributed by atoms with Gasteiger partial charge in [0.2, 0.25) is 5.91 Å². The fourth-order valence-electron chi connectivity index (χ4n) is 2.83. The van der Waals surface area contributed by atoms with E-state index in [-0.39, 0.29) is 12.8 Å². The molecule has 0 bridgehead atoms. The number of nitrogens with zero attached hydrogens (tertiary/aromatic N) is 1. The van der Waals surface area contributed by atoms with Crippen LogP contribution in [0.25, 0.3) is 10.2 Å². The first-order valence-corrected chi connectivity index (χ1v) is 9.23. The number of benzene rings is 1. The van der Waals surface area contributed by atoms with Crippen LogP contribution in [0.3, 0.4) is 0 Å². The highest BCUT2D eigenvalue weighted by Crippen LogP contribution is 2.31. The topological polar surface area (TPSA) is 68.3 Å². The third-order valence-electron chi connectivity index (χ3n) is 4.32. The minimum Gasteiger partial charge on any atom is -0.459 e. The van der Waals surface area contributed by atoms with Crippen molar-refractivity contribution in [2.45, 2.75) is 25.2 Å². The number of alkyl halides is 4. The number of nitrogens with one attached hydrogen (secondary N) is 1. The lowest BCUT2D eigenvalue weighted by atomic mass is 9.82. The van der Waals surface area contributed by atoms with Gasteiger partial charge in [0.1, 0.15) is 0 Å². The Bertz CT molecular complexity index is 867. The molecule has 0 radical (unpaired) electrons. The molecule has 3 rings (SSSR count). The van der Waals surface area contributed by atoms with Crippen molar-refractivity contribution in [2.75, 3.05) is 11.9 Å². The number of aromatic nitrogens is 1.